The molecule has 2 aromatic rings. The van der Waals surface area contributed by atoms with Gasteiger partial charge in [-0.1, -0.05) is 5.92 Å². The quantitative estimate of drug-likeness (QED) is 0.446. The number of nitro groups is 1. The Bertz CT molecular complexity index is 700. The Hall–Kier alpha value is -2.55. The predicted octanol–water partition coefficient (Wildman–Crippen LogP) is 1.53. The number of rotatable bonds is 2. The van der Waals surface area contributed by atoms with Gasteiger partial charge in [-0.2, -0.15) is 0 Å². The van der Waals surface area contributed by atoms with Gasteiger partial charge in [-0.05, 0) is 13.0 Å². The molecule has 0 spiro atoms. The molecule has 0 aliphatic carbocycles. The van der Waals surface area contributed by atoms with Gasteiger partial charge in [-0.25, -0.2) is 4.79 Å². The first kappa shape index (κ1) is 11.0. The maximum atomic E-state index is 11.5. The van der Waals surface area contributed by atoms with Crippen molar-refractivity contribution in [3.05, 3.63) is 38.9 Å². The number of nitrogens with zero attached hydrogens (tertiary/aromatic N) is 2. The zero-order valence-electron chi connectivity index (χ0n) is 8.97. The Morgan fingerprint density at radius 2 is 2.29 bits per heavy atom. The molecule has 0 bridgehead atoms. The number of fused-ring (bicyclic) bond motifs is 1. The van der Waals surface area contributed by atoms with Crippen LogP contribution in [0.15, 0.2) is 27.4 Å². The normalized spacial score (nSPS) is 9.94. The van der Waals surface area contributed by atoms with Gasteiger partial charge in [0.05, 0.1) is 17.0 Å². The van der Waals surface area contributed by atoms with Gasteiger partial charge in [-0.3, -0.25) is 14.7 Å². The molecule has 0 unspecified atom stereocenters. The lowest BCUT2D eigenvalue weighted by molar-refractivity contribution is -0.384. The SMILES string of the molecule is CC#CCn1c(=O)oc2ccc([N+](=O)[O-])cc21. The molecule has 0 atom stereocenters. The Balaban J connectivity index is 2.67. The standard InChI is InChI=1S/C11H8N2O4/c1-2-3-6-12-9-7-8(13(15)16)4-5-10(9)17-11(12)14/h4-5,7H,6H2,1H3. The molecule has 0 radical (unpaired) electrons. The van der Waals surface area contributed by atoms with E-state index in [1.54, 1.807) is 6.92 Å². The van der Waals surface area contributed by atoms with E-state index in [2.05, 4.69) is 11.8 Å². The molecule has 0 amide bonds. The fourth-order valence-corrected chi connectivity index (χ4v) is 1.47. The molecule has 2 rings (SSSR count). The molecule has 0 fully saturated rings. The highest BCUT2D eigenvalue weighted by atomic mass is 16.6. The molecule has 17 heavy (non-hydrogen) atoms. The Labute approximate surface area is 95.6 Å². The lowest BCUT2D eigenvalue weighted by atomic mass is 10.3. The van der Waals surface area contributed by atoms with Crippen LogP contribution in [-0.2, 0) is 6.54 Å². The fraction of sp³-hybridized carbons (Fsp3) is 0.182. The maximum absolute atomic E-state index is 11.5. The highest BCUT2D eigenvalue weighted by Crippen LogP contribution is 2.19. The molecule has 1 aromatic heterocycles. The van der Waals surface area contributed by atoms with Gasteiger partial charge in [0, 0.05) is 12.1 Å². The lowest BCUT2D eigenvalue weighted by Gasteiger charge is -1.95. The van der Waals surface area contributed by atoms with Crippen molar-refractivity contribution in [3.8, 4) is 11.8 Å². The Morgan fingerprint density at radius 3 is 2.94 bits per heavy atom. The van der Waals surface area contributed by atoms with E-state index in [0.29, 0.717) is 11.1 Å². The molecule has 0 saturated carbocycles. The zero-order valence-corrected chi connectivity index (χ0v) is 8.97. The molecule has 0 saturated heterocycles. The highest BCUT2D eigenvalue weighted by molar-refractivity contribution is 5.76. The highest BCUT2D eigenvalue weighted by Gasteiger charge is 2.13. The van der Waals surface area contributed by atoms with Crippen LogP contribution in [0.4, 0.5) is 5.69 Å². The molecule has 0 aliphatic heterocycles. The van der Waals surface area contributed by atoms with Crippen LogP contribution in [0.25, 0.3) is 11.1 Å². The van der Waals surface area contributed by atoms with Crippen molar-refractivity contribution in [2.24, 2.45) is 0 Å². The van der Waals surface area contributed by atoms with Gasteiger partial charge in [0.1, 0.15) is 0 Å². The number of nitro benzene ring substituents is 1. The van der Waals surface area contributed by atoms with E-state index in [1.165, 1.54) is 22.8 Å². The molecule has 0 aliphatic rings. The van der Waals surface area contributed by atoms with Crippen molar-refractivity contribution in [1.82, 2.24) is 4.57 Å². The van der Waals surface area contributed by atoms with E-state index < -0.39 is 10.7 Å². The van der Waals surface area contributed by atoms with E-state index in [9.17, 15) is 14.9 Å². The summed E-state index contributed by atoms with van der Waals surface area (Å²) in [5, 5.41) is 10.6. The fourth-order valence-electron chi connectivity index (χ4n) is 1.47. The lowest BCUT2D eigenvalue weighted by Crippen LogP contribution is -2.13. The predicted molar refractivity (Wildman–Crippen MR) is 60.6 cm³/mol. The van der Waals surface area contributed by atoms with E-state index in [0.717, 1.165) is 0 Å². The van der Waals surface area contributed by atoms with Crippen LogP contribution in [0.5, 0.6) is 0 Å². The minimum Gasteiger partial charge on any atom is -0.408 e. The monoisotopic (exact) mass is 232 g/mol. The Morgan fingerprint density at radius 1 is 1.53 bits per heavy atom. The first-order valence-corrected chi connectivity index (χ1v) is 4.81. The Kier molecular flexibility index (Phi) is 2.66. The van der Waals surface area contributed by atoms with Crippen molar-refractivity contribution in [3.63, 3.8) is 0 Å². The third-order valence-electron chi connectivity index (χ3n) is 2.28. The van der Waals surface area contributed by atoms with Gasteiger partial charge in [-0.15, -0.1) is 5.92 Å². The number of hydrogen-bond donors (Lipinski definition) is 0. The first-order chi connectivity index (χ1) is 8.13. The second-order valence-corrected chi connectivity index (χ2v) is 3.29. The molecular weight excluding hydrogens is 224 g/mol. The summed E-state index contributed by atoms with van der Waals surface area (Å²) in [6.45, 7) is 1.80. The maximum Gasteiger partial charge on any atom is 0.420 e. The first-order valence-electron chi connectivity index (χ1n) is 4.81. The van der Waals surface area contributed by atoms with Gasteiger partial charge < -0.3 is 4.42 Å². The number of hydrogen-bond acceptors (Lipinski definition) is 4. The number of non-ortho nitro benzene ring substituents is 1. The molecular formula is C11H8N2O4. The van der Waals surface area contributed by atoms with Crippen LogP contribution < -0.4 is 5.76 Å². The summed E-state index contributed by atoms with van der Waals surface area (Å²) in [6, 6.07) is 4.00. The summed E-state index contributed by atoms with van der Waals surface area (Å²) in [5.74, 6) is 4.80. The van der Waals surface area contributed by atoms with Crippen molar-refractivity contribution in [1.29, 1.82) is 0 Å². The summed E-state index contributed by atoms with van der Waals surface area (Å²) >= 11 is 0. The van der Waals surface area contributed by atoms with E-state index in [-0.39, 0.29) is 12.2 Å². The van der Waals surface area contributed by atoms with Crippen LogP contribution in [0, 0.1) is 22.0 Å². The topological polar surface area (TPSA) is 78.3 Å². The van der Waals surface area contributed by atoms with Crippen molar-refractivity contribution < 1.29 is 9.34 Å². The van der Waals surface area contributed by atoms with E-state index in [1.807, 2.05) is 0 Å². The molecule has 86 valence electrons. The van der Waals surface area contributed by atoms with Crippen molar-refractivity contribution >= 4 is 16.8 Å². The smallest absolute Gasteiger partial charge is 0.408 e. The minimum absolute atomic E-state index is 0.0866. The van der Waals surface area contributed by atoms with Crippen molar-refractivity contribution in [2.45, 2.75) is 13.5 Å². The average molecular weight is 232 g/mol. The largest absolute Gasteiger partial charge is 0.420 e. The van der Waals surface area contributed by atoms with Crippen LogP contribution in [0.1, 0.15) is 6.92 Å². The zero-order chi connectivity index (χ0) is 12.4. The molecule has 1 aromatic carbocycles. The summed E-state index contributed by atoms with van der Waals surface area (Å²) in [5.41, 5.74) is 0.613. The third-order valence-corrected chi connectivity index (χ3v) is 2.28. The van der Waals surface area contributed by atoms with Gasteiger partial charge in [0.25, 0.3) is 5.69 Å². The molecule has 0 N–H and O–H groups in total. The number of benzene rings is 1. The summed E-state index contributed by atoms with van der Waals surface area (Å²) < 4.78 is 6.21. The van der Waals surface area contributed by atoms with Crippen molar-refractivity contribution in [2.75, 3.05) is 0 Å². The van der Waals surface area contributed by atoms with Crippen LogP contribution in [0.2, 0.25) is 0 Å². The molecule has 6 nitrogen and oxygen atoms in total. The molecule has 6 heteroatoms. The number of aromatic nitrogens is 1. The average Bonchev–Trinajstić information content (AvgIpc) is 2.61. The van der Waals surface area contributed by atoms with Crippen LogP contribution in [0.3, 0.4) is 0 Å². The minimum atomic E-state index is -0.566. The van der Waals surface area contributed by atoms with Gasteiger partial charge in [0.15, 0.2) is 5.58 Å². The summed E-state index contributed by atoms with van der Waals surface area (Å²) in [6.07, 6.45) is 0. The van der Waals surface area contributed by atoms with Gasteiger partial charge in [0.2, 0.25) is 0 Å². The van der Waals surface area contributed by atoms with E-state index in [4.69, 9.17) is 4.42 Å². The number of oxazole rings is 1. The van der Waals surface area contributed by atoms with E-state index >= 15 is 0 Å². The molecule has 1 heterocycles. The summed E-state index contributed by atoms with van der Waals surface area (Å²) in [4.78, 5) is 21.6. The van der Waals surface area contributed by atoms with Gasteiger partial charge >= 0.3 is 5.76 Å². The third kappa shape index (κ3) is 1.90. The van der Waals surface area contributed by atoms with Crippen LogP contribution in [-0.4, -0.2) is 9.49 Å². The summed E-state index contributed by atoms with van der Waals surface area (Å²) in [7, 11) is 0. The second-order valence-electron chi connectivity index (χ2n) is 3.29. The van der Waals surface area contributed by atoms with Crippen LogP contribution >= 0.6 is 0 Å². The second kappa shape index (κ2) is 4.14.